The summed E-state index contributed by atoms with van der Waals surface area (Å²) >= 11 is 6.41. The summed E-state index contributed by atoms with van der Waals surface area (Å²) in [6.07, 6.45) is 4.61. The van der Waals surface area contributed by atoms with Crippen LogP contribution in [-0.2, 0) is 17.9 Å². The van der Waals surface area contributed by atoms with Crippen LogP contribution in [0.25, 0.3) is 11.1 Å². The van der Waals surface area contributed by atoms with Crippen molar-refractivity contribution in [3.05, 3.63) is 83.4 Å². The van der Waals surface area contributed by atoms with Crippen molar-refractivity contribution in [2.45, 2.75) is 19.2 Å². The molecule has 0 bridgehead atoms. The van der Waals surface area contributed by atoms with Crippen molar-refractivity contribution in [3.63, 3.8) is 0 Å². The number of aromatic nitrogens is 1. The lowest BCUT2D eigenvalue weighted by Gasteiger charge is -2.39. The lowest BCUT2D eigenvalue weighted by atomic mass is 9.99. The van der Waals surface area contributed by atoms with E-state index in [-0.39, 0.29) is 58.6 Å². The van der Waals surface area contributed by atoms with Crippen LogP contribution in [0, 0.1) is 5.82 Å². The topological polar surface area (TPSA) is 75.1 Å². The van der Waals surface area contributed by atoms with Gasteiger partial charge in [-0.3, -0.25) is 14.7 Å². The highest BCUT2D eigenvalue weighted by Crippen LogP contribution is 2.47. The smallest absolute Gasteiger partial charge is 0.246 e. The van der Waals surface area contributed by atoms with E-state index in [9.17, 15) is 9.90 Å². The number of carbonyl (C=O) groups excluding carboxylic acids is 1. The summed E-state index contributed by atoms with van der Waals surface area (Å²) in [4.78, 5) is 20.0. The maximum Gasteiger partial charge on any atom is 0.246 e. The number of benzene rings is 2. The van der Waals surface area contributed by atoms with Gasteiger partial charge in [0.05, 0.1) is 16.6 Å². The highest BCUT2D eigenvalue weighted by atomic mass is 35.5. The zero-order valence-corrected chi connectivity index (χ0v) is 20.2. The number of ether oxygens (including phenoxy) is 2. The Morgan fingerprint density at radius 2 is 2.08 bits per heavy atom. The maximum absolute atomic E-state index is 16.2. The molecule has 36 heavy (non-hydrogen) atoms. The van der Waals surface area contributed by atoms with Crippen molar-refractivity contribution in [1.82, 2.24) is 14.8 Å². The van der Waals surface area contributed by atoms with Crippen molar-refractivity contribution in [2.75, 3.05) is 26.2 Å². The lowest BCUT2D eigenvalue weighted by Crippen LogP contribution is -2.55. The summed E-state index contributed by atoms with van der Waals surface area (Å²) in [5.41, 5.74) is 1.65. The van der Waals surface area contributed by atoms with Crippen molar-refractivity contribution in [3.8, 4) is 28.4 Å². The van der Waals surface area contributed by atoms with E-state index in [1.807, 2.05) is 12.1 Å². The minimum absolute atomic E-state index is 0.0363. The molecule has 1 saturated heterocycles. The molecule has 1 fully saturated rings. The van der Waals surface area contributed by atoms with E-state index >= 15 is 4.39 Å². The van der Waals surface area contributed by atoms with Crippen molar-refractivity contribution >= 4 is 17.5 Å². The van der Waals surface area contributed by atoms with Gasteiger partial charge in [0.25, 0.3) is 0 Å². The number of amides is 1. The third-order valence-corrected chi connectivity index (χ3v) is 6.85. The highest BCUT2D eigenvalue weighted by Gasteiger charge is 2.35. The molecule has 186 valence electrons. The molecule has 2 aromatic carbocycles. The second-order valence-electron chi connectivity index (χ2n) is 8.75. The fourth-order valence-electron chi connectivity index (χ4n) is 4.67. The van der Waals surface area contributed by atoms with E-state index in [1.165, 1.54) is 12.1 Å². The summed E-state index contributed by atoms with van der Waals surface area (Å²) < 4.78 is 28.3. The van der Waals surface area contributed by atoms with E-state index in [4.69, 9.17) is 21.1 Å². The van der Waals surface area contributed by atoms with Crippen LogP contribution in [0.15, 0.2) is 61.4 Å². The highest BCUT2D eigenvalue weighted by molar-refractivity contribution is 6.33. The third kappa shape index (κ3) is 4.62. The van der Waals surface area contributed by atoms with E-state index < -0.39 is 5.82 Å². The van der Waals surface area contributed by atoms with E-state index in [0.29, 0.717) is 31.7 Å². The van der Waals surface area contributed by atoms with Crippen LogP contribution < -0.4 is 9.47 Å². The van der Waals surface area contributed by atoms with Crippen LogP contribution in [0.3, 0.4) is 0 Å². The summed E-state index contributed by atoms with van der Waals surface area (Å²) in [6, 6.07) is 9.89. The number of pyridine rings is 1. The molecule has 7 nitrogen and oxygen atoms in total. The number of carbonyl (C=O) groups is 1. The number of phenolic OH excluding ortho intramolecular Hbond substituents is 1. The molecular weight excluding hydrogens is 485 g/mol. The largest absolute Gasteiger partial charge is 0.507 e. The van der Waals surface area contributed by atoms with Gasteiger partial charge < -0.3 is 19.5 Å². The van der Waals surface area contributed by atoms with Crippen molar-refractivity contribution in [2.24, 2.45) is 0 Å². The van der Waals surface area contributed by atoms with Crippen LogP contribution in [0.5, 0.6) is 17.2 Å². The van der Waals surface area contributed by atoms with Gasteiger partial charge in [-0.15, -0.1) is 0 Å². The molecule has 1 N–H and O–H groups in total. The summed E-state index contributed by atoms with van der Waals surface area (Å²) in [5.74, 6) is -0.615. The SMILES string of the molecule is C=CC(=O)N1CCN2Cc3cc(OCc4ccncc4)c(-c4c(O)cccc4Cl)c(F)c3OC[C@H]2C1. The molecule has 5 rings (SSSR count). The first-order valence-electron chi connectivity index (χ1n) is 11.6. The zero-order chi connectivity index (χ0) is 25.2. The standard InChI is InChI=1S/C27H25ClFN3O4/c1-2-23(34)32-11-10-31-13-18-12-22(35-15-17-6-8-30-9-7-17)25(24-20(28)4-3-5-21(24)33)26(29)27(18)36-16-19(31)14-32/h2-9,12,19,33H,1,10-11,13-16H2/t19-/m1/s1. The lowest BCUT2D eigenvalue weighted by molar-refractivity contribution is -0.129. The number of hydrogen-bond acceptors (Lipinski definition) is 6. The van der Waals surface area contributed by atoms with Gasteiger partial charge >= 0.3 is 0 Å². The second kappa shape index (κ2) is 10.2. The Balaban J connectivity index is 1.55. The van der Waals surface area contributed by atoms with Crippen LogP contribution in [0.1, 0.15) is 11.1 Å². The Kier molecular flexibility index (Phi) is 6.80. The third-order valence-electron chi connectivity index (χ3n) is 6.53. The van der Waals surface area contributed by atoms with Gasteiger partial charge in [-0.1, -0.05) is 24.2 Å². The van der Waals surface area contributed by atoms with Crippen LogP contribution in [0.2, 0.25) is 5.02 Å². The Hall–Kier alpha value is -3.62. The molecule has 0 saturated carbocycles. The molecule has 1 atom stereocenters. The number of fused-ring (bicyclic) bond motifs is 2. The normalized spacial score (nSPS) is 17.4. The van der Waals surface area contributed by atoms with Gasteiger partial charge in [0.1, 0.15) is 24.7 Å². The summed E-state index contributed by atoms with van der Waals surface area (Å²) in [5, 5.41) is 10.8. The van der Waals surface area contributed by atoms with Gasteiger partial charge in [0.15, 0.2) is 11.6 Å². The fourth-order valence-corrected chi connectivity index (χ4v) is 4.93. The number of nitrogens with zero attached hydrogens (tertiary/aromatic N) is 3. The molecule has 0 radical (unpaired) electrons. The minimum atomic E-state index is -0.653. The Morgan fingerprint density at radius 1 is 1.28 bits per heavy atom. The number of halogens is 2. The molecule has 0 aliphatic carbocycles. The first kappa shape index (κ1) is 24.1. The molecule has 3 aromatic rings. The maximum atomic E-state index is 16.2. The molecular formula is C27H25ClFN3O4. The molecule has 1 amide bonds. The molecule has 0 spiro atoms. The Labute approximate surface area is 213 Å². The molecule has 1 aromatic heterocycles. The molecule has 0 unspecified atom stereocenters. The molecule has 3 heterocycles. The molecule has 2 aliphatic heterocycles. The van der Waals surface area contributed by atoms with Crippen LogP contribution >= 0.6 is 11.6 Å². The Bertz CT molecular complexity index is 1280. The van der Waals surface area contributed by atoms with Gasteiger partial charge in [-0.25, -0.2) is 4.39 Å². The fraction of sp³-hybridized carbons (Fsp3) is 0.259. The first-order chi connectivity index (χ1) is 17.5. The van der Waals surface area contributed by atoms with Gasteiger partial charge in [0, 0.05) is 49.7 Å². The average Bonchev–Trinajstić information content (AvgIpc) is 3.07. The monoisotopic (exact) mass is 509 g/mol. The quantitative estimate of drug-likeness (QED) is 0.513. The molecule has 9 heteroatoms. The predicted molar refractivity (Wildman–Crippen MR) is 134 cm³/mol. The molecule has 2 aliphatic rings. The van der Waals surface area contributed by atoms with Crippen LogP contribution in [0.4, 0.5) is 4.39 Å². The van der Waals surface area contributed by atoms with E-state index in [1.54, 1.807) is 35.5 Å². The van der Waals surface area contributed by atoms with E-state index in [0.717, 1.165) is 5.56 Å². The zero-order valence-electron chi connectivity index (χ0n) is 19.5. The number of hydrogen-bond donors (Lipinski definition) is 1. The van der Waals surface area contributed by atoms with Crippen molar-refractivity contribution in [1.29, 1.82) is 0 Å². The summed E-state index contributed by atoms with van der Waals surface area (Å²) in [7, 11) is 0. The van der Waals surface area contributed by atoms with E-state index in [2.05, 4.69) is 16.5 Å². The number of rotatable bonds is 5. The van der Waals surface area contributed by atoms with Gasteiger partial charge in [-0.2, -0.15) is 0 Å². The van der Waals surface area contributed by atoms with Crippen LogP contribution in [-0.4, -0.2) is 58.1 Å². The second-order valence-corrected chi connectivity index (χ2v) is 9.16. The number of aromatic hydroxyl groups is 1. The predicted octanol–water partition coefficient (Wildman–Crippen LogP) is 4.42. The average molecular weight is 510 g/mol. The van der Waals surface area contributed by atoms with Crippen molar-refractivity contribution < 1.29 is 23.8 Å². The number of piperazine rings is 1. The first-order valence-corrected chi connectivity index (χ1v) is 12.0. The summed E-state index contributed by atoms with van der Waals surface area (Å²) in [6.45, 7) is 6.00. The van der Waals surface area contributed by atoms with Gasteiger partial charge in [-0.05, 0) is 42.0 Å². The van der Waals surface area contributed by atoms with Gasteiger partial charge in [0.2, 0.25) is 5.91 Å². The number of phenols is 1. The minimum Gasteiger partial charge on any atom is -0.507 e. The Morgan fingerprint density at radius 3 is 2.83 bits per heavy atom.